The van der Waals surface area contributed by atoms with Crippen LogP contribution in [0.25, 0.3) is 0 Å². The molecule has 8 nitrogen and oxygen atoms in total. The molecule has 2 atom stereocenters. The first-order valence-corrected chi connectivity index (χ1v) is 14.1. The molecule has 4 aliphatic rings. The van der Waals surface area contributed by atoms with E-state index in [1.54, 1.807) is 12.1 Å². The van der Waals surface area contributed by atoms with Gasteiger partial charge >= 0.3 is 12.4 Å². The fraction of sp³-hybridized carbons (Fsp3) is 0.429. The van der Waals surface area contributed by atoms with E-state index in [1.165, 1.54) is 0 Å². The predicted molar refractivity (Wildman–Crippen MR) is 150 cm³/mol. The van der Waals surface area contributed by atoms with Crippen molar-refractivity contribution in [1.29, 1.82) is 0 Å². The Hall–Kier alpha value is -3.20. The molecule has 2 aromatic carbocycles. The van der Waals surface area contributed by atoms with Crippen molar-refractivity contribution >= 4 is 47.6 Å². The first kappa shape index (κ1) is 35.3. The van der Waals surface area contributed by atoms with Gasteiger partial charge in [0.1, 0.15) is 0 Å². The fourth-order valence-electron chi connectivity index (χ4n) is 5.15. The number of piperazine rings is 2. The molecule has 2 amide bonds. The number of nitrogens with zero attached hydrogens (tertiary/aromatic N) is 2. The van der Waals surface area contributed by atoms with Crippen LogP contribution in [0.4, 0.5) is 26.3 Å². The molecule has 2 aromatic rings. The van der Waals surface area contributed by atoms with Crippen molar-refractivity contribution in [2.24, 2.45) is 0 Å². The van der Waals surface area contributed by atoms with Crippen molar-refractivity contribution in [2.45, 2.75) is 37.3 Å². The van der Waals surface area contributed by atoms with Crippen molar-refractivity contribution in [2.75, 3.05) is 39.3 Å². The van der Waals surface area contributed by atoms with Gasteiger partial charge in [-0.05, 0) is 48.2 Å². The summed E-state index contributed by atoms with van der Waals surface area (Å²) in [6, 6.07) is 11.9. The molecule has 6 rings (SSSR count). The van der Waals surface area contributed by atoms with E-state index in [2.05, 4.69) is 10.6 Å². The number of carbonyl (C=O) groups excluding carboxylic acids is 4. The molecule has 44 heavy (non-hydrogen) atoms. The van der Waals surface area contributed by atoms with Crippen molar-refractivity contribution in [3.8, 4) is 0 Å². The monoisotopic (exact) mass is 668 g/mol. The van der Waals surface area contributed by atoms with E-state index in [4.69, 9.17) is 32.8 Å². The highest BCUT2D eigenvalue weighted by atomic mass is 35.5. The van der Waals surface area contributed by atoms with E-state index in [-0.39, 0.29) is 11.8 Å². The second kappa shape index (κ2) is 15.2. The van der Waals surface area contributed by atoms with Crippen LogP contribution < -0.4 is 10.6 Å². The summed E-state index contributed by atoms with van der Waals surface area (Å²) in [6.07, 6.45) is -9.58. The minimum absolute atomic E-state index is 0.0957. The summed E-state index contributed by atoms with van der Waals surface area (Å²) >= 11 is 12.1. The summed E-state index contributed by atoms with van der Waals surface area (Å²) in [6.45, 7) is 5.14. The van der Waals surface area contributed by atoms with E-state index in [0.29, 0.717) is 27.7 Å². The SMILES string of the molecule is O=C1c2c(Cl)cccc2C[C@@H]2CNCCN12.O=C1c2ccc(Cl)cc2C[C@@H]2CNCCN12.O=CC(F)(F)F.O=CC(F)(F)F. The van der Waals surface area contributed by atoms with Gasteiger partial charge in [-0.15, -0.1) is 0 Å². The third kappa shape index (κ3) is 9.65. The smallest absolute Gasteiger partial charge is 0.333 e. The maximum atomic E-state index is 12.3. The fourth-order valence-corrected chi connectivity index (χ4v) is 5.62. The number of carbonyl (C=O) groups is 4. The molecule has 4 aliphatic heterocycles. The van der Waals surface area contributed by atoms with Crippen LogP contribution in [0.15, 0.2) is 36.4 Å². The Morgan fingerprint density at radius 3 is 1.77 bits per heavy atom. The lowest BCUT2D eigenvalue weighted by Gasteiger charge is -2.40. The van der Waals surface area contributed by atoms with Crippen molar-refractivity contribution < 1.29 is 45.5 Å². The van der Waals surface area contributed by atoms with Gasteiger partial charge in [-0.3, -0.25) is 19.2 Å². The first-order valence-electron chi connectivity index (χ1n) is 13.3. The summed E-state index contributed by atoms with van der Waals surface area (Å²) in [5.74, 6) is 0.253. The van der Waals surface area contributed by atoms with Crippen molar-refractivity contribution in [3.05, 3.63) is 68.7 Å². The lowest BCUT2D eigenvalue weighted by atomic mass is 9.92. The minimum atomic E-state index is -4.64. The molecule has 0 spiro atoms. The van der Waals surface area contributed by atoms with Gasteiger partial charge in [-0.1, -0.05) is 35.3 Å². The zero-order valence-electron chi connectivity index (χ0n) is 23.0. The maximum Gasteiger partial charge on any atom is 0.446 e. The largest absolute Gasteiger partial charge is 0.446 e. The number of nitrogens with one attached hydrogen (secondary N) is 2. The Kier molecular flexibility index (Phi) is 12.2. The number of amides is 2. The van der Waals surface area contributed by atoms with Crippen LogP contribution in [0, 0.1) is 0 Å². The Balaban J connectivity index is 0.000000178. The summed E-state index contributed by atoms with van der Waals surface area (Å²) in [5, 5.41) is 7.94. The lowest BCUT2D eigenvalue weighted by molar-refractivity contribution is -0.156. The van der Waals surface area contributed by atoms with E-state index >= 15 is 0 Å². The Morgan fingerprint density at radius 2 is 1.25 bits per heavy atom. The zero-order valence-corrected chi connectivity index (χ0v) is 24.5. The van der Waals surface area contributed by atoms with Crippen molar-refractivity contribution in [1.82, 2.24) is 20.4 Å². The number of aldehydes is 2. The Bertz CT molecular complexity index is 1330. The van der Waals surface area contributed by atoms with E-state index in [0.717, 1.165) is 68.8 Å². The molecule has 2 saturated heterocycles. The zero-order chi connectivity index (χ0) is 32.7. The number of fused-ring (bicyclic) bond motifs is 4. The molecule has 2 N–H and O–H groups in total. The lowest BCUT2D eigenvalue weighted by Crippen LogP contribution is -2.56. The molecule has 0 unspecified atom stereocenters. The molecule has 0 bridgehead atoms. The quantitative estimate of drug-likeness (QED) is 0.324. The van der Waals surface area contributed by atoms with Gasteiger partial charge in [-0.25, -0.2) is 0 Å². The molecule has 0 aliphatic carbocycles. The van der Waals surface area contributed by atoms with Crippen molar-refractivity contribution in [3.63, 3.8) is 0 Å². The summed E-state index contributed by atoms with van der Waals surface area (Å²) < 4.78 is 62.5. The highest BCUT2D eigenvalue weighted by molar-refractivity contribution is 6.34. The van der Waals surface area contributed by atoms with Crippen LogP contribution in [0.1, 0.15) is 31.8 Å². The van der Waals surface area contributed by atoms with Crippen LogP contribution >= 0.6 is 23.2 Å². The molecule has 0 radical (unpaired) electrons. The van der Waals surface area contributed by atoms with E-state index in [9.17, 15) is 35.9 Å². The molecule has 0 aromatic heterocycles. The minimum Gasteiger partial charge on any atom is -0.333 e. The summed E-state index contributed by atoms with van der Waals surface area (Å²) in [7, 11) is 0. The number of halogens is 8. The second-order valence-electron chi connectivity index (χ2n) is 10.0. The highest BCUT2D eigenvalue weighted by Crippen LogP contribution is 2.29. The molecule has 4 heterocycles. The van der Waals surface area contributed by atoms with Gasteiger partial charge in [0.15, 0.2) is 0 Å². The third-order valence-electron chi connectivity index (χ3n) is 7.01. The van der Waals surface area contributed by atoms with Gasteiger partial charge in [0, 0.05) is 61.9 Å². The number of alkyl halides is 6. The van der Waals surface area contributed by atoms with Crippen LogP contribution in [-0.4, -0.2) is 97.9 Å². The molecule has 0 saturated carbocycles. The molecule has 16 heteroatoms. The van der Waals surface area contributed by atoms with Crippen LogP contribution in [-0.2, 0) is 22.4 Å². The van der Waals surface area contributed by atoms with Crippen LogP contribution in [0.3, 0.4) is 0 Å². The average Bonchev–Trinajstić information content (AvgIpc) is 2.97. The van der Waals surface area contributed by atoms with Gasteiger partial charge < -0.3 is 20.4 Å². The predicted octanol–water partition coefficient (Wildman–Crippen LogP) is 4.12. The summed E-state index contributed by atoms with van der Waals surface area (Å²) in [5.41, 5.74) is 3.70. The standard InChI is InChI=1S/2C12H13ClN2O.2C2HF3O/c13-9-1-2-11-8(5-9)6-10-7-14-3-4-15(10)12(11)16;13-10-3-1-2-8-6-9-7-14-4-5-15(9)12(16)11(8)10;2*3-2(4,5)1-6/h1-2,5,10,14H,3-4,6-7H2;1-3,9,14H,4-7H2;2*1H/t10-;9-;;/m11../s1. The second-order valence-corrected chi connectivity index (χ2v) is 10.9. The van der Waals surface area contributed by atoms with E-state index in [1.807, 2.05) is 34.1 Å². The number of benzene rings is 2. The van der Waals surface area contributed by atoms with Gasteiger partial charge in [0.2, 0.25) is 12.6 Å². The Morgan fingerprint density at radius 1 is 0.750 bits per heavy atom. The number of hydrogen-bond donors (Lipinski definition) is 2. The first-order chi connectivity index (χ1) is 20.6. The summed E-state index contributed by atoms with van der Waals surface area (Å²) in [4.78, 5) is 45.8. The maximum absolute atomic E-state index is 12.3. The van der Waals surface area contributed by atoms with Gasteiger partial charge in [0.25, 0.3) is 11.8 Å². The highest BCUT2D eigenvalue weighted by Gasteiger charge is 2.35. The molecule has 2 fully saturated rings. The van der Waals surface area contributed by atoms with Crippen LogP contribution in [0.2, 0.25) is 10.0 Å². The number of rotatable bonds is 0. The number of hydrogen-bond acceptors (Lipinski definition) is 6. The molecular weight excluding hydrogens is 641 g/mol. The van der Waals surface area contributed by atoms with Gasteiger partial charge in [-0.2, -0.15) is 26.3 Å². The topological polar surface area (TPSA) is 98.8 Å². The third-order valence-corrected chi connectivity index (χ3v) is 7.56. The van der Waals surface area contributed by atoms with Crippen LogP contribution in [0.5, 0.6) is 0 Å². The normalized spacial score (nSPS) is 20.5. The Labute approximate surface area is 258 Å². The molecular formula is C28H28Cl2F6N4O4. The molecule has 240 valence electrons. The van der Waals surface area contributed by atoms with Gasteiger partial charge in [0.05, 0.1) is 10.6 Å². The van der Waals surface area contributed by atoms with E-state index < -0.39 is 24.9 Å². The average molecular weight is 669 g/mol.